The fourth-order valence-corrected chi connectivity index (χ4v) is 2.28. The molecule has 3 rings (SSSR count). The Kier molecular flexibility index (Phi) is 3.74. The van der Waals surface area contributed by atoms with Gasteiger partial charge in [-0.3, -0.25) is 9.89 Å². The van der Waals surface area contributed by atoms with Gasteiger partial charge in [-0.15, -0.1) is 0 Å². The van der Waals surface area contributed by atoms with Crippen molar-refractivity contribution in [3.05, 3.63) is 54.0 Å². The second kappa shape index (κ2) is 5.85. The molecule has 6 heteroatoms. The average Bonchev–Trinajstić information content (AvgIpc) is 2.95. The van der Waals surface area contributed by atoms with Gasteiger partial charge in [-0.25, -0.2) is 4.39 Å². The number of aromatic amines is 1. The number of halogens is 1. The minimum Gasteiger partial charge on any atom is -0.496 e. The van der Waals surface area contributed by atoms with Crippen LogP contribution in [0.5, 0.6) is 5.75 Å². The van der Waals surface area contributed by atoms with Crippen molar-refractivity contribution in [3.8, 4) is 5.75 Å². The maximum absolute atomic E-state index is 13.3. The van der Waals surface area contributed by atoms with E-state index in [4.69, 9.17) is 4.74 Å². The number of methoxy groups -OCH3 is 1. The van der Waals surface area contributed by atoms with E-state index in [9.17, 15) is 9.18 Å². The van der Waals surface area contributed by atoms with E-state index in [2.05, 4.69) is 15.5 Å². The third kappa shape index (κ3) is 2.90. The molecule has 3 aromatic rings. The van der Waals surface area contributed by atoms with Crippen LogP contribution in [0.3, 0.4) is 0 Å². The largest absolute Gasteiger partial charge is 0.496 e. The van der Waals surface area contributed by atoms with E-state index in [1.54, 1.807) is 18.3 Å². The Bertz CT molecular complexity index is 829. The lowest BCUT2D eigenvalue weighted by atomic mass is 10.1. The summed E-state index contributed by atoms with van der Waals surface area (Å²) in [4.78, 5) is 12.1. The highest BCUT2D eigenvalue weighted by atomic mass is 19.1. The molecule has 0 unspecified atom stereocenters. The fraction of sp³-hybridized carbons (Fsp3) is 0.125. The molecule has 0 spiro atoms. The SMILES string of the molecule is COc1ccc(F)cc1CC(=O)Nc1ccc2cn[nH]c2c1. The molecule has 0 bridgehead atoms. The number of fused-ring (bicyclic) bond motifs is 1. The van der Waals surface area contributed by atoms with Gasteiger partial charge in [-0.05, 0) is 36.4 Å². The van der Waals surface area contributed by atoms with Crippen molar-refractivity contribution in [2.45, 2.75) is 6.42 Å². The summed E-state index contributed by atoms with van der Waals surface area (Å²) in [6, 6.07) is 9.55. The quantitative estimate of drug-likeness (QED) is 0.778. The summed E-state index contributed by atoms with van der Waals surface area (Å²) in [6.07, 6.45) is 1.74. The normalized spacial score (nSPS) is 10.6. The number of amides is 1. The van der Waals surface area contributed by atoms with Gasteiger partial charge >= 0.3 is 0 Å². The first-order chi connectivity index (χ1) is 10.7. The number of benzene rings is 2. The molecule has 0 saturated carbocycles. The molecule has 1 amide bonds. The fourth-order valence-electron chi connectivity index (χ4n) is 2.28. The average molecular weight is 299 g/mol. The summed E-state index contributed by atoms with van der Waals surface area (Å²) in [5.74, 6) is -0.161. The number of ether oxygens (including phenoxy) is 1. The lowest BCUT2D eigenvalue weighted by molar-refractivity contribution is -0.115. The Hall–Kier alpha value is -2.89. The maximum Gasteiger partial charge on any atom is 0.228 e. The zero-order valence-corrected chi connectivity index (χ0v) is 11.9. The van der Waals surface area contributed by atoms with Crippen LogP contribution in [0.25, 0.3) is 10.9 Å². The second-order valence-corrected chi connectivity index (χ2v) is 4.85. The van der Waals surface area contributed by atoms with Crippen molar-refractivity contribution in [1.29, 1.82) is 0 Å². The Morgan fingerprint density at radius 3 is 3.00 bits per heavy atom. The molecule has 22 heavy (non-hydrogen) atoms. The van der Waals surface area contributed by atoms with E-state index >= 15 is 0 Å². The molecule has 0 aliphatic carbocycles. The van der Waals surface area contributed by atoms with E-state index in [1.165, 1.54) is 25.3 Å². The Morgan fingerprint density at radius 2 is 2.18 bits per heavy atom. The van der Waals surface area contributed by atoms with Crippen LogP contribution >= 0.6 is 0 Å². The van der Waals surface area contributed by atoms with Crippen LogP contribution in [0.1, 0.15) is 5.56 Å². The first kappa shape index (κ1) is 14.1. The highest BCUT2D eigenvalue weighted by Crippen LogP contribution is 2.21. The van der Waals surface area contributed by atoms with Gasteiger partial charge in [0.05, 0.1) is 25.2 Å². The Balaban J connectivity index is 1.76. The predicted octanol–water partition coefficient (Wildman–Crippen LogP) is 2.89. The number of nitrogens with one attached hydrogen (secondary N) is 2. The lowest BCUT2D eigenvalue weighted by Gasteiger charge is -2.09. The molecule has 0 radical (unpaired) electrons. The number of hydrogen-bond donors (Lipinski definition) is 2. The standard InChI is InChI=1S/C16H14FN3O2/c1-22-15-5-3-12(17)6-11(15)7-16(21)19-13-4-2-10-9-18-20-14(10)8-13/h2-6,8-9H,7H2,1H3,(H,18,20)(H,19,21). The number of hydrogen-bond acceptors (Lipinski definition) is 3. The van der Waals surface area contributed by atoms with Crippen LogP contribution in [0, 0.1) is 5.82 Å². The summed E-state index contributed by atoms with van der Waals surface area (Å²) in [6.45, 7) is 0. The van der Waals surface area contributed by atoms with Crippen LogP contribution < -0.4 is 10.1 Å². The summed E-state index contributed by atoms with van der Waals surface area (Å²) in [5, 5.41) is 10.5. The minimum absolute atomic E-state index is 0.0297. The number of anilines is 1. The van der Waals surface area contributed by atoms with Gasteiger partial charge in [0.2, 0.25) is 5.91 Å². The molecular formula is C16H14FN3O2. The lowest BCUT2D eigenvalue weighted by Crippen LogP contribution is -2.15. The molecule has 0 aliphatic heterocycles. The number of H-pyrrole nitrogens is 1. The Labute approximate surface area is 126 Å². The van der Waals surface area contributed by atoms with Crippen LogP contribution in [-0.2, 0) is 11.2 Å². The van der Waals surface area contributed by atoms with Crippen molar-refractivity contribution >= 4 is 22.5 Å². The van der Waals surface area contributed by atoms with Crippen molar-refractivity contribution in [3.63, 3.8) is 0 Å². The zero-order valence-electron chi connectivity index (χ0n) is 11.9. The van der Waals surface area contributed by atoms with Gasteiger partial charge in [-0.1, -0.05) is 0 Å². The highest BCUT2D eigenvalue weighted by Gasteiger charge is 2.10. The van der Waals surface area contributed by atoms with Crippen LogP contribution in [0.15, 0.2) is 42.6 Å². The molecule has 1 heterocycles. The van der Waals surface area contributed by atoms with E-state index < -0.39 is 5.82 Å². The van der Waals surface area contributed by atoms with Gasteiger partial charge in [0, 0.05) is 16.6 Å². The first-order valence-electron chi connectivity index (χ1n) is 6.71. The van der Waals surface area contributed by atoms with E-state index in [0.29, 0.717) is 17.0 Å². The molecule has 2 N–H and O–H groups in total. The molecule has 0 aliphatic rings. The van der Waals surface area contributed by atoms with Gasteiger partial charge < -0.3 is 10.1 Å². The first-order valence-corrected chi connectivity index (χ1v) is 6.71. The summed E-state index contributed by atoms with van der Waals surface area (Å²) >= 11 is 0. The zero-order chi connectivity index (χ0) is 15.5. The monoisotopic (exact) mass is 299 g/mol. The molecule has 5 nitrogen and oxygen atoms in total. The maximum atomic E-state index is 13.3. The summed E-state index contributed by atoms with van der Waals surface area (Å²) < 4.78 is 18.4. The number of rotatable bonds is 4. The van der Waals surface area contributed by atoms with Crippen molar-refractivity contribution in [2.75, 3.05) is 12.4 Å². The molecule has 2 aromatic carbocycles. The predicted molar refractivity (Wildman–Crippen MR) is 81.4 cm³/mol. The van der Waals surface area contributed by atoms with Gasteiger partial charge in [0.25, 0.3) is 0 Å². The van der Waals surface area contributed by atoms with Gasteiger partial charge in [-0.2, -0.15) is 5.10 Å². The van der Waals surface area contributed by atoms with Crippen LogP contribution in [0.4, 0.5) is 10.1 Å². The number of carbonyl (C=O) groups excluding carboxylic acids is 1. The summed E-state index contributed by atoms with van der Waals surface area (Å²) in [5.41, 5.74) is 1.99. The topological polar surface area (TPSA) is 67.0 Å². The summed E-state index contributed by atoms with van der Waals surface area (Å²) in [7, 11) is 1.49. The smallest absolute Gasteiger partial charge is 0.228 e. The minimum atomic E-state index is -0.400. The molecule has 0 atom stereocenters. The van der Waals surface area contributed by atoms with Crippen molar-refractivity contribution in [2.24, 2.45) is 0 Å². The van der Waals surface area contributed by atoms with Crippen molar-refractivity contribution < 1.29 is 13.9 Å². The van der Waals surface area contributed by atoms with Gasteiger partial charge in [0.15, 0.2) is 0 Å². The number of nitrogens with zero attached hydrogens (tertiary/aromatic N) is 1. The van der Waals surface area contributed by atoms with Crippen LogP contribution in [-0.4, -0.2) is 23.2 Å². The van der Waals surface area contributed by atoms with E-state index in [0.717, 1.165) is 10.9 Å². The van der Waals surface area contributed by atoms with E-state index in [-0.39, 0.29) is 12.3 Å². The van der Waals surface area contributed by atoms with Gasteiger partial charge in [0.1, 0.15) is 11.6 Å². The second-order valence-electron chi connectivity index (χ2n) is 4.85. The third-order valence-electron chi connectivity index (χ3n) is 3.32. The number of aromatic nitrogens is 2. The molecule has 112 valence electrons. The Morgan fingerprint density at radius 1 is 1.32 bits per heavy atom. The molecule has 0 fully saturated rings. The molecule has 1 aromatic heterocycles. The molecule has 0 saturated heterocycles. The number of carbonyl (C=O) groups is 1. The highest BCUT2D eigenvalue weighted by molar-refractivity contribution is 5.94. The van der Waals surface area contributed by atoms with Crippen molar-refractivity contribution in [1.82, 2.24) is 10.2 Å². The van der Waals surface area contributed by atoms with Crippen LogP contribution in [0.2, 0.25) is 0 Å². The third-order valence-corrected chi connectivity index (χ3v) is 3.32. The molecular weight excluding hydrogens is 285 g/mol. The van der Waals surface area contributed by atoms with E-state index in [1.807, 2.05) is 6.07 Å².